The van der Waals surface area contributed by atoms with Crippen LogP contribution >= 0.6 is 0 Å². The van der Waals surface area contributed by atoms with Crippen molar-refractivity contribution in [2.75, 3.05) is 6.54 Å². The van der Waals surface area contributed by atoms with Gasteiger partial charge in [0.05, 0.1) is 12.2 Å². The van der Waals surface area contributed by atoms with Crippen LogP contribution in [-0.2, 0) is 16.0 Å². The zero-order chi connectivity index (χ0) is 17.1. The van der Waals surface area contributed by atoms with Gasteiger partial charge in [-0.15, -0.1) is 0 Å². The van der Waals surface area contributed by atoms with Gasteiger partial charge >= 0.3 is 0 Å². The molecule has 0 amide bonds. The number of rotatable bonds is 5. The van der Waals surface area contributed by atoms with Crippen LogP contribution in [0.25, 0.3) is 0 Å². The molecule has 0 aromatic heterocycles. The number of phenolic OH excluding ortho intramolecular Hbond substituents is 2. The maximum Gasteiger partial charge on any atom is 0.161 e. The Labute approximate surface area is 142 Å². The smallest absolute Gasteiger partial charge is 0.161 e. The van der Waals surface area contributed by atoms with E-state index in [0.29, 0.717) is 31.2 Å². The highest BCUT2D eigenvalue weighted by Crippen LogP contribution is 2.44. The number of hydrogen-bond acceptors (Lipinski definition) is 5. The third-order valence-electron chi connectivity index (χ3n) is 5.71. The number of hydrogen-bond donors (Lipinski definition) is 3. The summed E-state index contributed by atoms with van der Waals surface area (Å²) < 4.78 is 6.24. The van der Waals surface area contributed by atoms with Gasteiger partial charge in [-0.2, -0.15) is 0 Å². The first kappa shape index (κ1) is 17.2. The van der Waals surface area contributed by atoms with E-state index in [9.17, 15) is 15.0 Å². The third kappa shape index (κ3) is 3.42. The number of aromatic hydroxyl groups is 2. The molecule has 2 aliphatic rings. The topological polar surface area (TPSA) is 92.8 Å². The molecule has 0 spiro atoms. The highest BCUT2D eigenvalue weighted by atomic mass is 16.5. The van der Waals surface area contributed by atoms with Crippen LogP contribution in [0.3, 0.4) is 0 Å². The van der Waals surface area contributed by atoms with Crippen molar-refractivity contribution in [3.05, 3.63) is 23.3 Å². The molecule has 0 saturated heterocycles. The largest absolute Gasteiger partial charge is 0.504 e. The number of nitrogens with two attached hydrogens (primary N) is 1. The average Bonchev–Trinajstić information content (AvgIpc) is 2.62. The molecule has 1 heterocycles. The van der Waals surface area contributed by atoms with Crippen molar-refractivity contribution < 1.29 is 19.7 Å². The van der Waals surface area contributed by atoms with Gasteiger partial charge in [0.25, 0.3) is 0 Å². The molecule has 0 bridgehead atoms. The second-order valence-corrected chi connectivity index (χ2v) is 7.13. The Morgan fingerprint density at radius 3 is 2.62 bits per heavy atom. The predicted octanol–water partition coefficient (Wildman–Crippen LogP) is 2.82. The van der Waals surface area contributed by atoms with E-state index in [1.54, 1.807) is 6.07 Å². The summed E-state index contributed by atoms with van der Waals surface area (Å²) >= 11 is 0. The van der Waals surface area contributed by atoms with Gasteiger partial charge in [-0.3, -0.25) is 0 Å². The minimum atomic E-state index is -0.224. The summed E-state index contributed by atoms with van der Waals surface area (Å²) in [7, 11) is 0. The highest BCUT2D eigenvalue weighted by Gasteiger charge is 2.35. The summed E-state index contributed by atoms with van der Waals surface area (Å²) in [6.45, 7) is 0.363. The molecule has 2 unspecified atom stereocenters. The van der Waals surface area contributed by atoms with Crippen LogP contribution in [0, 0.1) is 11.8 Å². The van der Waals surface area contributed by atoms with Gasteiger partial charge in [-0.25, -0.2) is 0 Å². The van der Waals surface area contributed by atoms with E-state index >= 15 is 0 Å². The first-order valence-electron chi connectivity index (χ1n) is 8.96. The van der Waals surface area contributed by atoms with Gasteiger partial charge in [0.15, 0.2) is 11.5 Å². The molecule has 132 valence electrons. The first-order valence-corrected chi connectivity index (χ1v) is 8.96. The number of carbonyl (C=O) groups is 1. The number of fused-ring (bicyclic) bond motifs is 1. The van der Waals surface area contributed by atoms with Crippen LogP contribution in [0.1, 0.15) is 55.8 Å². The maximum atomic E-state index is 10.5. The Morgan fingerprint density at radius 1 is 1.21 bits per heavy atom. The standard InChI is InChI=1S/C19H27NO4/c20-11-18-14-7-8-16(22)19(23)15(14)10-17(24-18)13-5-3-12(4-6-13)2-1-9-21/h7-9,12-13,17-18,22-23H,1-6,10-11,20H2. The fourth-order valence-corrected chi connectivity index (χ4v) is 4.30. The maximum absolute atomic E-state index is 10.5. The molecule has 0 radical (unpaired) electrons. The highest BCUT2D eigenvalue weighted by molar-refractivity contribution is 5.51. The fourth-order valence-electron chi connectivity index (χ4n) is 4.30. The molecule has 1 fully saturated rings. The molecule has 24 heavy (non-hydrogen) atoms. The predicted molar refractivity (Wildman–Crippen MR) is 90.9 cm³/mol. The Kier molecular flexibility index (Phi) is 5.41. The molecule has 2 atom stereocenters. The number of benzene rings is 1. The van der Waals surface area contributed by atoms with Crippen molar-refractivity contribution >= 4 is 6.29 Å². The van der Waals surface area contributed by atoms with Crippen LogP contribution in [0.4, 0.5) is 0 Å². The molecule has 3 rings (SSSR count). The van der Waals surface area contributed by atoms with Gasteiger partial charge in [0.1, 0.15) is 6.29 Å². The SMILES string of the molecule is NCC1OC(C2CCC(CCC=O)CC2)Cc2c1ccc(O)c2O. The van der Waals surface area contributed by atoms with E-state index in [1.807, 2.05) is 0 Å². The van der Waals surface area contributed by atoms with E-state index in [-0.39, 0.29) is 23.7 Å². The van der Waals surface area contributed by atoms with Crippen molar-refractivity contribution in [1.29, 1.82) is 0 Å². The van der Waals surface area contributed by atoms with Crippen molar-refractivity contribution in [2.45, 2.75) is 57.2 Å². The molecular formula is C19H27NO4. The molecule has 5 heteroatoms. The Hall–Kier alpha value is -1.59. The summed E-state index contributed by atoms with van der Waals surface area (Å²) in [5, 5.41) is 20.0. The summed E-state index contributed by atoms with van der Waals surface area (Å²) in [4.78, 5) is 10.5. The monoisotopic (exact) mass is 333 g/mol. The Morgan fingerprint density at radius 2 is 1.96 bits per heavy atom. The minimum absolute atomic E-state index is 0.0288. The van der Waals surface area contributed by atoms with Gasteiger partial charge < -0.3 is 25.5 Å². The first-order chi connectivity index (χ1) is 11.6. The Balaban J connectivity index is 1.70. The Bertz CT molecular complexity index is 581. The summed E-state index contributed by atoms with van der Waals surface area (Å²) in [6.07, 6.45) is 7.51. The van der Waals surface area contributed by atoms with Crippen molar-refractivity contribution in [3.63, 3.8) is 0 Å². The van der Waals surface area contributed by atoms with E-state index in [2.05, 4.69) is 0 Å². The van der Waals surface area contributed by atoms with Crippen LogP contribution in [0.5, 0.6) is 11.5 Å². The lowest BCUT2D eigenvalue weighted by atomic mass is 9.75. The van der Waals surface area contributed by atoms with E-state index < -0.39 is 0 Å². The average molecular weight is 333 g/mol. The van der Waals surface area contributed by atoms with E-state index in [1.165, 1.54) is 6.07 Å². The second-order valence-electron chi connectivity index (χ2n) is 7.13. The van der Waals surface area contributed by atoms with Crippen molar-refractivity contribution in [2.24, 2.45) is 17.6 Å². The van der Waals surface area contributed by atoms with E-state index in [0.717, 1.165) is 49.5 Å². The molecule has 1 aliphatic carbocycles. The summed E-state index contributed by atoms with van der Waals surface area (Å²) in [5.41, 5.74) is 7.55. The van der Waals surface area contributed by atoms with Gasteiger partial charge in [0.2, 0.25) is 0 Å². The minimum Gasteiger partial charge on any atom is -0.504 e. The quantitative estimate of drug-likeness (QED) is 0.569. The lowest BCUT2D eigenvalue weighted by Gasteiger charge is -2.39. The molecule has 1 aliphatic heterocycles. The lowest BCUT2D eigenvalue weighted by Crippen LogP contribution is -2.37. The normalized spacial score (nSPS) is 29.9. The fraction of sp³-hybridized carbons (Fsp3) is 0.632. The molecule has 5 nitrogen and oxygen atoms in total. The van der Waals surface area contributed by atoms with Crippen LogP contribution in [-0.4, -0.2) is 29.1 Å². The van der Waals surface area contributed by atoms with Crippen LogP contribution < -0.4 is 5.73 Å². The third-order valence-corrected chi connectivity index (χ3v) is 5.71. The van der Waals surface area contributed by atoms with Crippen molar-refractivity contribution in [1.82, 2.24) is 0 Å². The molecule has 1 aromatic rings. The molecule has 1 saturated carbocycles. The molecular weight excluding hydrogens is 306 g/mol. The van der Waals surface area contributed by atoms with Gasteiger partial charge in [0, 0.05) is 24.9 Å². The van der Waals surface area contributed by atoms with E-state index in [4.69, 9.17) is 10.5 Å². The number of ether oxygens (including phenoxy) is 1. The zero-order valence-corrected chi connectivity index (χ0v) is 14.0. The number of aldehydes is 1. The van der Waals surface area contributed by atoms with Crippen molar-refractivity contribution in [3.8, 4) is 11.5 Å². The second kappa shape index (κ2) is 7.53. The summed E-state index contributed by atoms with van der Waals surface area (Å²) in [5.74, 6) is 0.980. The summed E-state index contributed by atoms with van der Waals surface area (Å²) in [6, 6.07) is 3.30. The number of phenols is 2. The molecule has 1 aromatic carbocycles. The lowest BCUT2D eigenvalue weighted by molar-refractivity contribution is -0.108. The van der Waals surface area contributed by atoms with Gasteiger partial charge in [-0.05, 0) is 42.7 Å². The molecule has 4 N–H and O–H groups in total. The van der Waals surface area contributed by atoms with Gasteiger partial charge in [-0.1, -0.05) is 18.9 Å². The van der Waals surface area contributed by atoms with Crippen LogP contribution in [0.15, 0.2) is 12.1 Å². The number of carbonyl (C=O) groups excluding carboxylic acids is 1. The zero-order valence-electron chi connectivity index (χ0n) is 14.0. The van der Waals surface area contributed by atoms with Crippen LogP contribution in [0.2, 0.25) is 0 Å².